The van der Waals surface area contributed by atoms with E-state index in [1.165, 1.54) is 17.0 Å². The van der Waals surface area contributed by atoms with Crippen LogP contribution in [0.1, 0.15) is 44.3 Å². The van der Waals surface area contributed by atoms with Crippen molar-refractivity contribution in [3.63, 3.8) is 0 Å². The van der Waals surface area contributed by atoms with Crippen molar-refractivity contribution >= 4 is 28.8 Å². The largest absolute Gasteiger partial charge is 0.481 e. The second kappa shape index (κ2) is 7.95. The van der Waals surface area contributed by atoms with Gasteiger partial charge < -0.3 is 20.3 Å². The fourth-order valence-electron chi connectivity index (χ4n) is 3.58. The lowest BCUT2D eigenvalue weighted by Crippen LogP contribution is -2.43. The van der Waals surface area contributed by atoms with Crippen LogP contribution in [0.3, 0.4) is 0 Å². The third kappa shape index (κ3) is 4.65. The molecule has 3 rings (SSSR count). The molecule has 1 saturated heterocycles. The van der Waals surface area contributed by atoms with Crippen LogP contribution in [0.4, 0.5) is 4.39 Å². The van der Waals surface area contributed by atoms with Crippen molar-refractivity contribution in [3.05, 3.63) is 29.8 Å². The molecule has 1 aromatic heterocycles. The molecule has 3 N–H and O–H groups in total. The van der Waals surface area contributed by atoms with Gasteiger partial charge in [0.05, 0.1) is 17.6 Å². The van der Waals surface area contributed by atoms with Gasteiger partial charge in [0.15, 0.2) is 0 Å². The molecule has 0 spiro atoms. The fraction of sp³-hybridized carbons (Fsp3) is 0.474. The molecule has 1 atom stereocenters. The van der Waals surface area contributed by atoms with Gasteiger partial charge in [-0.1, -0.05) is 0 Å². The van der Waals surface area contributed by atoms with Crippen molar-refractivity contribution in [2.24, 2.45) is 0 Å². The molecule has 28 heavy (non-hydrogen) atoms. The summed E-state index contributed by atoms with van der Waals surface area (Å²) in [7, 11) is 1.65. The summed E-state index contributed by atoms with van der Waals surface area (Å²) in [5, 5.41) is 11.8. The molecule has 0 radical (unpaired) electrons. The number of H-pyrrole nitrogens is 1. The number of aromatic nitrogens is 2. The van der Waals surface area contributed by atoms with E-state index in [4.69, 9.17) is 5.11 Å². The number of carboxylic acid groups (broad SMARTS) is 1. The van der Waals surface area contributed by atoms with Crippen LogP contribution in [0.25, 0.3) is 11.0 Å². The number of aromatic amines is 1. The third-order valence-corrected chi connectivity index (χ3v) is 5.18. The van der Waals surface area contributed by atoms with Crippen LogP contribution >= 0.6 is 0 Å². The van der Waals surface area contributed by atoms with E-state index in [1.807, 2.05) is 0 Å². The fourth-order valence-corrected chi connectivity index (χ4v) is 3.58. The molecule has 9 heteroatoms. The van der Waals surface area contributed by atoms with E-state index in [0.29, 0.717) is 42.5 Å². The number of benzene rings is 1. The predicted molar refractivity (Wildman–Crippen MR) is 98.7 cm³/mol. The molecule has 2 heterocycles. The zero-order valence-corrected chi connectivity index (χ0v) is 15.6. The molecule has 8 nitrogen and oxygen atoms in total. The summed E-state index contributed by atoms with van der Waals surface area (Å²) in [6.07, 6.45) is 1.70. The molecule has 2 aromatic rings. The second-order valence-corrected chi connectivity index (χ2v) is 7.32. The number of aliphatic carboxylic acids is 1. The number of carbonyl (C=O) groups is 3. The molecule has 2 amide bonds. The van der Waals surface area contributed by atoms with Crippen LogP contribution in [0.5, 0.6) is 0 Å². The van der Waals surface area contributed by atoms with E-state index >= 15 is 0 Å². The number of fused-ring (bicyclic) bond motifs is 1. The van der Waals surface area contributed by atoms with Crippen molar-refractivity contribution < 1.29 is 23.9 Å². The highest BCUT2D eigenvalue weighted by molar-refractivity contribution is 5.80. The molecular formula is C19H23FN4O4. The number of nitrogens with zero attached hydrogens (tertiary/aromatic N) is 2. The van der Waals surface area contributed by atoms with E-state index in [0.717, 1.165) is 0 Å². The van der Waals surface area contributed by atoms with Gasteiger partial charge in [0.2, 0.25) is 11.8 Å². The Morgan fingerprint density at radius 3 is 2.75 bits per heavy atom. The Kier molecular flexibility index (Phi) is 5.62. The van der Waals surface area contributed by atoms with Gasteiger partial charge in [0.1, 0.15) is 11.6 Å². The van der Waals surface area contributed by atoms with Gasteiger partial charge in [-0.05, 0) is 37.5 Å². The molecule has 0 bridgehead atoms. The van der Waals surface area contributed by atoms with E-state index in [1.54, 1.807) is 13.1 Å². The summed E-state index contributed by atoms with van der Waals surface area (Å²) in [6.45, 7) is 0.240. The number of nitrogens with one attached hydrogen (secondary N) is 2. The highest BCUT2D eigenvalue weighted by Crippen LogP contribution is 2.30. The number of amides is 2. The van der Waals surface area contributed by atoms with Gasteiger partial charge in [-0.15, -0.1) is 0 Å². The Morgan fingerprint density at radius 2 is 2.07 bits per heavy atom. The Morgan fingerprint density at radius 1 is 1.32 bits per heavy atom. The monoisotopic (exact) mass is 390 g/mol. The van der Waals surface area contributed by atoms with Crippen LogP contribution < -0.4 is 5.32 Å². The van der Waals surface area contributed by atoms with Gasteiger partial charge in [-0.3, -0.25) is 14.4 Å². The number of hydrogen-bond acceptors (Lipinski definition) is 4. The molecule has 1 aliphatic rings. The van der Waals surface area contributed by atoms with E-state index in [2.05, 4.69) is 15.3 Å². The normalized spacial score (nSPS) is 19.0. The highest BCUT2D eigenvalue weighted by atomic mass is 19.1. The van der Waals surface area contributed by atoms with Crippen molar-refractivity contribution in [2.45, 2.75) is 50.6 Å². The molecule has 1 aliphatic heterocycles. The first-order valence-corrected chi connectivity index (χ1v) is 9.17. The summed E-state index contributed by atoms with van der Waals surface area (Å²) >= 11 is 0. The summed E-state index contributed by atoms with van der Waals surface area (Å²) in [5.41, 5.74) is 0.554. The number of rotatable bonds is 8. The Labute approximate surface area is 161 Å². The summed E-state index contributed by atoms with van der Waals surface area (Å²) < 4.78 is 13.3. The van der Waals surface area contributed by atoms with E-state index in [-0.39, 0.29) is 37.0 Å². The van der Waals surface area contributed by atoms with Gasteiger partial charge >= 0.3 is 5.97 Å². The van der Waals surface area contributed by atoms with Crippen molar-refractivity contribution in [1.29, 1.82) is 0 Å². The minimum Gasteiger partial charge on any atom is -0.481 e. The van der Waals surface area contributed by atoms with Crippen LogP contribution in [0.2, 0.25) is 0 Å². The van der Waals surface area contributed by atoms with Crippen LogP contribution in [0.15, 0.2) is 18.2 Å². The Balaban J connectivity index is 1.59. The quantitative estimate of drug-likeness (QED) is 0.637. The topological polar surface area (TPSA) is 115 Å². The molecule has 150 valence electrons. The van der Waals surface area contributed by atoms with Crippen molar-refractivity contribution in [2.75, 3.05) is 7.05 Å². The number of halogens is 1. The Hall–Kier alpha value is -2.97. The highest BCUT2D eigenvalue weighted by Gasteiger charge is 2.38. The van der Waals surface area contributed by atoms with Gasteiger partial charge in [-0.25, -0.2) is 9.37 Å². The van der Waals surface area contributed by atoms with Crippen molar-refractivity contribution in [1.82, 2.24) is 20.2 Å². The molecule has 1 aromatic carbocycles. The minimum atomic E-state index is -0.926. The van der Waals surface area contributed by atoms with Crippen molar-refractivity contribution in [3.8, 4) is 0 Å². The molecule has 0 aliphatic carbocycles. The van der Waals surface area contributed by atoms with Gasteiger partial charge in [-0.2, -0.15) is 0 Å². The lowest BCUT2D eigenvalue weighted by Gasteiger charge is -2.29. The smallest absolute Gasteiger partial charge is 0.303 e. The lowest BCUT2D eigenvalue weighted by atomic mass is 9.86. The molecule has 0 unspecified atom stereocenters. The van der Waals surface area contributed by atoms with Crippen LogP contribution in [-0.2, 0) is 20.9 Å². The first-order valence-electron chi connectivity index (χ1n) is 9.17. The van der Waals surface area contributed by atoms with Gasteiger partial charge in [0, 0.05) is 31.8 Å². The summed E-state index contributed by atoms with van der Waals surface area (Å²) in [4.78, 5) is 43.9. The maximum absolute atomic E-state index is 13.3. The minimum absolute atomic E-state index is 0.0557. The molecule has 0 saturated carbocycles. The van der Waals surface area contributed by atoms with Crippen LogP contribution in [-0.4, -0.2) is 50.3 Å². The first-order chi connectivity index (χ1) is 13.3. The predicted octanol–water partition coefficient (Wildman–Crippen LogP) is 1.95. The summed E-state index contributed by atoms with van der Waals surface area (Å²) in [5.74, 6) is -0.989. The average Bonchev–Trinajstić information content (AvgIpc) is 3.20. The van der Waals surface area contributed by atoms with E-state index in [9.17, 15) is 18.8 Å². The molecular weight excluding hydrogens is 367 g/mol. The summed E-state index contributed by atoms with van der Waals surface area (Å²) in [6, 6.07) is 4.25. The Bertz CT molecular complexity index is 912. The number of hydrogen-bond donors (Lipinski definition) is 3. The number of carboxylic acids is 1. The SMILES string of the molecule is CN(Cc1nc2ccc(F)cc2[nH]1)C(=O)CC[C@@]1(CCC(=O)O)CCC(=O)N1. The standard InChI is InChI=1S/C19H23FN4O4/c1-24(11-15-21-13-3-2-12(20)10-14(13)22-15)17(26)5-8-19(9-6-18(27)28)7-4-16(25)23-19/h2-3,10H,4-9,11H2,1H3,(H,21,22)(H,23,25)(H,27,28)/t19-/m1/s1. The lowest BCUT2D eigenvalue weighted by molar-refractivity contribution is -0.137. The zero-order valence-electron chi connectivity index (χ0n) is 15.6. The average molecular weight is 390 g/mol. The zero-order chi connectivity index (χ0) is 20.3. The number of imidazole rings is 1. The maximum Gasteiger partial charge on any atom is 0.303 e. The molecule has 1 fully saturated rings. The van der Waals surface area contributed by atoms with Gasteiger partial charge in [0.25, 0.3) is 0 Å². The van der Waals surface area contributed by atoms with E-state index < -0.39 is 11.5 Å². The van der Waals surface area contributed by atoms with Crippen LogP contribution in [0, 0.1) is 5.82 Å². The second-order valence-electron chi connectivity index (χ2n) is 7.32. The maximum atomic E-state index is 13.3. The third-order valence-electron chi connectivity index (χ3n) is 5.18. The number of carbonyl (C=O) groups excluding carboxylic acids is 2. The first kappa shape index (κ1) is 19.8.